The van der Waals surface area contributed by atoms with E-state index >= 15 is 0 Å². The molecule has 0 bridgehead atoms. The summed E-state index contributed by atoms with van der Waals surface area (Å²) in [5, 5.41) is 21.2. The maximum absolute atomic E-state index is 10.5. The number of nitrogens with one attached hydrogen (secondary N) is 1. The summed E-state index contributed by atoms with van der Waals surface area (Å²) in [6.45, 7) is 0.533. The van der Waals surface area contributed by atoms with Crippen LogP contribution in [0.4, 0.5) is 11.4 Å². The molecule has 0 saturated heterocycles. The van der Waals surface area contributed by atoms with E-state index in [0.29, 0.717) is 6.54 Å². The van der Waals surface area contributed by atoms with Crippen LogP contribution in [0.1, 0.15) is 5.69 Å². The Morgan fingerprint density at radius 3 is 2.59 bits per heavy atom. The van der Waals surface area contributed by atoms with Crippen LogP contribution in [0.5, 0.6) is 0 Å². The van der Waals surface area contributed by atoms with Gasteiger partial charge in [-0.25, -0.2) is 0 Å². The average Bonchev–Trinajstić information content (AvgIpc) is 2.38. The second kappa shape index (κ2) is 5.02. The van der Waals surface area contributed by atoms with Crippen LogP contribution in [-0.4, -0.2) is 15.1 Å². The summed E-state index contributed by atoms with van der Waals surface area (Å²) >= 11 is 0. The van der Waals surface area contributed by atoms with Crippen molar-refractivity contribution in [3.05, 3.63) is 58.4 Å². The Morgan fingerprint density at radius 2 is 2.00 bits per heavy atom. The smallest absolute Gasteiger partial charge is 0.269 e. The number of benzene rings is 1. The molecule has 0 spiro atoms. The quantitative estimate of drug-likeness (QED) is 0.641. The summed E-state index contributed by atoms with van der Waals surface area (Å²) in [5.74, 6) is 0. The zero-order valence-electron chi connectivity index (χ0n) is 8.91. The van der Waals surface area contributed by atoms with Crippen molar-refractivity contribution >= 4 is 11.4 Å². The van der Waals surface area contributed by atoms with Gasteiger partial charge in [-0.1, -0.05) is 0 Å². The molecule has 1 aromatic carbocycles. The van der Waals surface area contributed by atoms with Gasteiger partial charge in [-0.15, -0.1) is 0 Å². The molecular formula is C11H10N4O2. The van der Waals surface area contributed by atoms with Crippen LogP contribution in [0, 0.1) is 10.1 Å². The Bertz CT molecular complexity index is 499. The van der Waals surface area contributed by atoms with Crippen molar-refractivity contribution in [3.63, 3.8) is 0 Å². The zero-order valence-corrected chi connectivity index (χ0v) is 8.91. The highest BCUT2D eigenvalue weighted by Gasteiger charge is 2.03. The van der Waals surface area contributed by atoms with E-state index in [1.165, 1.54) is 12.1 Å². The van der Waals surface area contributed by atoms with Gasteiger partial charge in [0.25, 0.3) is 5.69 Å². The van der Waals surface area contributed by atoms with E-state index < -0.39 is 4.92 Å². The maximum Gasteiger partial charge on any atom is 0.269 e. The predicted octanol–water partition coefficient (Wildman–Crippen LogP) is 2.00. The summed E-state index contributed by atoms with van der Waals surface area (Å²) in [6.07, 6.45) is 1.61. The third kappa shape index (κ3) is 2.97. The van der Waals surface area contributed by atoms with Crippen LogP contribution >= 0.6 is 0 Å². The van der Waals surface area contributed by atoms with Crippen molar-refractivity contribution in [1.82, 2.24) is 10.2 Å². The number of non-ortho nitro benzene ring substituents is 1. The minimum atomic E-state index is -0.424. The fourth-order valence-electron chi connectivity index (χ4n) is 1.32. The van der Waals surface area contributed by atoms with E-state index in [4.69, 9.17) is 0 Å². The van der Waals surface area contributed by atoms with Crippen LogP contribution in [0.15, 0.2) is 42.6 Å². The third-order valence-electron chi connectivity index (χ3n) is 2.18. The van der Waals surface area contributed by atoms with Gasteiger partial charge >= 0.3 is 0 Å². The highest BCUT2D eigenvalue weighted by molar-refractivity contribution is 5.48. The van der Waals surface area contributed by atoms with Crippen molar-refractivity contribution in [2.45, 2.75) is 6.54 Å². The van der Waals surface area contributed by atoms with Gasteiger partial charge in [0.15, 0.2) is 0 Å². The van der Waals surface area contributed by atoms with Gasteiger partial charge in [0.1, 0.15) is 0 Å². The van der Waals surface area contributed by atoms with E-state index in [1.807, 2.05) is 6.07 Å². The Labute approximate surface area is 97.5 Å². The number of hydrogen-bond donors (Lipinski definition) is 1. The van der Waals surface area contributed by atoms with Crippen LogP contribution in [0.25, 0.3) is 0 Å². The van der Waals surface area contributed by atoms with Gasteiger partial charge in [0.05, 0.1) is 17.2 Å². The Balaban J connectivity index is 1.98. The third-order valence-corrected chi connectivity index (χ3v) is 2.18. The van der Waals surface area contributed by atoms with Crippen LogP contribution in [0.3, 0.4) is 0 Å². The minimum absolute atomic E-state index is 0.0788. The number of nitro groups is 1. The van der Waals surface area contributed by atoms with E-state index in [1.54, 1.807) is 24.4 Å². The lowest BCUT2D eigenvalue weighted by molar-refractivity contribution is -0.384. The molecule has 0 atom stereocenters. The molecule has 0 saturated carbocycles. The summed E-state index contributed by atoms with van der Waals surface area (Å²) in [7, 11) is 0. The summed E-state index contributed by atoms with van der Waals surface area (Å²) in [5.41, 5.74) is 1.70. The molecule has 0 fully saturated rings. The molecule has 2 rings (SSSR count). The fraction of sp³-hybridized carbons (Fsp3) is 0.0909. The molecule has 0 aliphatic carbocycles. The topological polar surface area (TPSA) is 81.0 Å². The second-order valence-electron chi connectivity index (χ2n) is 3.37. The van der Waals surface area contributed by atoms with Crippen LogP contribution < -0.4 is 5.32 Å². The van der Waals surface area contributed by atoms with Gasteiger partial charge in [-0.05, 0) is 24.3 Å². The number of nitro benzene ring substituents is 1. The first-order chi connectivity index (χ1) is 8.25. The highest BCUT2D eigenvalue weighted by Crippen LogP contribution is 2.15. The lowest BCUT2D eigenvalue weighted by atomic mass is 10.3. The number of nitrogens with zero attached hydrogens (tertiary/aromatic N) is 3. The largest absolute Gasteiger partial charge is 0.379 e. The van der Waals surface area contributed by atoms with Crippen molar-refractivity contribution in [3.8, 4) is 0 Å². The number of rotatable bonds is 4. The molecule has 0 aliphatic rings. The maximum atomic E-state index is 10.5. The SMILES string of the molecule is O=[N+]([O-])c1ccc(NCc2cccnn2)cc1. The second-order valence-corrected chi connectivity index (χ2v) is 3.37. The molecular weight excluding hydrogens is 220 g/mol. The van der Waals surface area contributed by atoms with Gasteiger partial charge in [0.2, 0.25) is 0 Å². The molecule has 86 valence electrons. The minimum Gasteiger partial charge on any atom is -0.379 e. The van der Waals surface area contributed by atoms with Crippen LogP contribution in [-0.2, 0) is 6.54 Å². The van der Waals surface area contributed by atoms with Gasteiger partial charge in [-0.3, -0.25) is 10.1 Å². The molecule has 0 aliphatic heterocycles. The van der Waals surface area contributed by atoms with Crippen molar-refractivity contribution < 1.29 is 4.92 Å². The van der Waals surface area contributed by atoms with Crippen molar-refractivity contribution in [1.29, 1.82) is 0 Å². The first-order valence-corrected chi connectivity index (χ1v) is 5.00. The monoisotopic (exact) mass is 230 g/mol. The molecule has 1 N–H and O–H groups in total. The molecule has 1 aromatic heterocycles. The van der Waals surface area contributed by atoms with E-state index in [9.17, 15) is 10.1 Å². The first-order valence-electron chi connectivity index (χ1n) is 5.00. The summed E-state index contributed by atoms with van der Waals surface area (Å²) < 4.78 is 0. The zero-order chi connectivity index (χ0) is 12.1. The molecule has 17 heavy (non-hydrogen) atoms. The fourth-order valence-corrected chi connectivity index (χ4v) is 1.32. The number of hydrogen-bond acceptors (Lipinski definition) is 5. The van der Waals surface area contributed by atoms with E-state index in [-0.39, 0.29) is 5.69 Å². The molecule has 0 unspecified atom stereocenters. The van der Waals surface area contributed by atoms with E-state index in [0.717, 1.165) is 11.4 Å². The molecule has 0 radical (unpaired) electrons. The van der Waals surface area contributed by atoms with Crippen molar-refractivity contribution in [2.24, 2.45) is 0 Å². The Hall–Kier alpha value is -2.50. The molecule has 6 nitrogen and oxygen atoms in total. The standard InChI is InChI=1S/C11H10N4O2/c16-15(17)11-5-3-9(4-6-11)12-8-10-2-1-7-13-14-10/h1-7,12H,8H2. The molecule has 0 amide bonds. The highest BCUT2D eigenvalue weighted by atomic mass is 16.6. The normalized spacial score (nSPS) is 9.88. The van der Waals surface area contributed by atoms with Crippen LogP contribution in [0.2, 0.25) is 0 Å². The van der Waals surface area contributed by atoms with Gasteiger partial charge < -0.3 is 5.32 Å². The lowest BCUT2D eigenvalue weighted by Crippen LogP contribution is -2.02. The van der Waals surface area contributed by atoms with E-state index in [2.05, 4.69) is 15.5 Å². The Morgan fingerprint density at radius 1 is 1.24 bits per heavy atom. The van der Waals surface area contributed by atoms with Crippen molar-refractivity contribution in [2.75, 3.05) is 5.32 Å². The van der Waals surface area contributed by atoms with Gasteiger partial charge in [-0.2, -0.15) is 10.2 Å². The summed E-state index contributed by atoms with van der Waals surface area (Å²) in [4.78, 5) is 10.0. The summed E-state index contributed by atoms with van der Waals surface area (Å²) in [6, 6.07) is 9.90. The van der Waals surface area contributed by atoms with Gasteiger partial charge in [0, 0.05) is 24.0 Å². The first kappa shape index (κ1) is 11.0. The average molecular weight is 230 g/mol. The molecule has 2 aromatic rings. The lowest BCUT2D eigenvalue weighted by Gasteiger charge is -2.04. The predicted molar refractivity (Wildman–Crippen MR) is 62.5 cm³/mol. The Kier molecular flexibility index (Phi) is 3.25. The molecule has 1 heterocycles. The molecule has 6 heteroatoms. The number of aromatic nitrogens is 2. The number of anilines is 1.